The Morgan fingerprint density at radius 3 is 2.19 bits per heavy atom. The van der Waals surface area contributed by atoms with E-state index in [1.54, 1.807) is 0 Å². The largest absolute Gasteiger partial charge is 0.316 e. The molecule has 0 aromatic heterocycles. The molecule has 0 aliphatic heterocycles. The fourth-order valence-corrected chi connectivity index (χ4v) is 2.31. The fourth-order valence-electron chi connectivity index (χ4n) is 1.35. The Balaban J connectivity index is 3.73. The van der Waals surface area contributed by atoms with Gasteiger partial charge in [-0.2, -0.15) is 0 Å². The third kappa shape index (κ3) is 8.04. The van der Waals surface area contributed by atoms with Crippen LogP contribution >= 0.6 is 0 Å². The van der Waals surface area contributed by atoms with Crippen LogP contribution in [0.25, 0.3) is 0 Å². The molecule has 0 aromatic carbocycles. The number of sulfonamides is 1. The van der Waals surface area contributed by atoms with E-state index in [9.17, 15) is 8.42 Å². The van der Waals surface area contributed by atoms with Crippen molar-refractivity contribution < 1.29 is 8.42 Å². The number of hydrogen-bond acceptors (Lipinski definition) is 4. The number of rotatable bonds is 10. The molecule has 0 heterocycles. The first-order valence-electron chi connectivity index (χ1n) is 5.96. The minimum atomic E-state index is -3.11. The van der Waals surface area contributed by atoms with Crippen LogP contribution in [0.1, 0.15) is 20.8 Å². The molecule has 6 heteroatoms. The maximum Gasteiger partial charge on any atom is 0.212 e. The molecule has 0 saturated heterocycles. The smallest absolute Gasteiger partial charge is 0.212 e. The van der Waals surface area contributed by atoms with Gasteiger partial charge in [-0.05, 0) is 19.6 Å². The monoisotopic (exact) mass is 251 g/mol. The molecule has 0 atom stereocenters. The van der Waals surface area contributed by atoms with Crippen LogP contribution < -0.4 is 10.0 Å². The molecule has 0 saturated carbocycles. The zero-order valence-electron chi connectivity index (χ0n) is 10.6. The zero-order chi connectivity index (χ0) is 12.4. The lowest BCUT2D eigenvalue weighted by Crippen LogP contribution is -2.37. The molecule has 0 aliphatic rings. The summed E-state index contributed by atoms with van der Waals surface area (Å²) in [4.78, 5) is 2.19. The number of likely N-dealkylation sites (N-methyl/N-ethyl adjacent to an activating group) is 1. The van der Waals surface area contributed by atoms with Crippen molar-refractivity contribution in [1.82, 2.24) is 14.9 Å². The van der Waals surface area contributed by atoms with E-state index in [4.69, 9.17) is 0 Å². The van der Waals surface area contributed by atoms with E-state index in [1.807, 2.05) is 6.92 Å². The summed E-state index contributed by atoms with van der Waals surface area (Å²) in [5.74, 6) is 0.152. The summed E-state index contributed by atoms with van der Waals surface area (Å²) in [5, 5.41) is 3.00. The lowest BCUT2D eigenvalue weighted by molar-refractivity contribution is 0.309. The first-order chi connectivity index (χ1) is 7.55. The summed E-state index contributed by atoms with van der Waals surface area (Å²) < 4.78 is 25.6. The quantitative estimate of drug-likeness (QED) is 0.531. The molecule has 0 aromatic rings. The summed E-state index contributed by atoms with van der Waals surface area (Å²) in [6.45, 7) is 10.6. The highest BCUT2D eigenvalue weighted by atomic mass is 32.2. The van der Waals surface area contributed by atoms with Crippen molar-refractivity contribution in [2.75, 3.05) is 45.0 Å². The van der Waals surface area contributed by atoms with E-state index >= 15 is 0 Å². The number of hydrogen-bond donors (Lipinski definition) is 2. The normalized spacial score (nSPS) is 12.2. The second-order valence-corrected chi connectivity index (χ2v) is 5.52. The number of nitrogens with one attached hydrogen (secondary N) is 2. The van der Waals surface area contributed by atoms with Gasteiger partial charge in [0.1, 0.15) is 0 Å². The van der Waals surface area contributed by atoms with Crippen molar-refractivity contribution in [3.63, 3.8) is 0 Å². The minimum absolute atomic E-state index is 0.152. The Bertz CT molecular complexity index is 251. The first-order valence-corrected chi connectivity index (χ1v) is 7.61. The summed E-state index contributed by atoms with van der Waals surface area (Å²) in [7, 11) is -3.11. The van der Waals surface area contributed by atoms with Crippen molar-refractivity contribution in [1.29, 1.82) is 0 Å². The lowest BCUT2D eigenvalue weighted by atomic mass is 10.5. The van der Waals surface area contributed by atoms with Gasteiger partial charge in [0.25, 0.3) is 0 Å². The molecule has 98 valence electrons. The van der Waals surface area contributed by atoms with Crippen molar-refractivity contribution in [3.05, 3.63) is 0 Å². The third-order valence-corrected chi connectivity index (χ3v) is 3.83. The van der Waals surface area contributed by atoms with Crippen LogP contribution in [0.2, 0.25) is 0 Å². The van der Waals surface area contributed by atoms with Gasteiger partial charge in [0.05, 0.1) is 5.75 Å². The van der Waals surface area contributed by atoms with Crippen LogP contribution in [0, 0.1) is 0 Å². The minimum Gasteiger partial charge on any atom is -0.316 e. The Morgan fingerprint density at radius 2 is 1.69 bits per heavy atom. The van der Waals surface area contributed by atoms with E-state index in [0.29, 0.717) is 13.1 Å². The van der Waals surface area contributed by atoms with Gasteiger partial charge >= 0.3 is 0 Å². The SMILES string of the molecule is CCNCCS(=O)(=O)NCCN(CC)CC. The van der Waals surface area contributed by atoms with Gasteiger partial charge in [0.15, 0.2) is 0 Å². The second-order valence-electron chi connectivity index (χ2n) is 3.59. The molecular formula is C10H25N3O2S. The molecule has 0 aliphatic carbocycles. The standard InChI is InChI=1S/C10H25N3O2S/c1-4-11-8-10-16(14,15)12-7-9-13(5-2)6-3/h11-12H,4-10H2,1-3H3. The van der Waals surface area contributed by atoms with Crippen LogP contribution in [-0.2, 0) is 10.0 Å². The van der Waals surface area contributed by atoms with Gasteiger partial charge < -0.3 is 10.2 Å². The summed E-state index contributed by atoms with van der Waals surface area (Å²) in [6, 6.07) is 0. The molecule has 0 fully saturated rings. The Labute approximate surface area is 99.6 Å². The highest BCUT2D eigenvalue weighted by molar-refractivity contribution is 7.89. The second kappa shape index (κ2) is 8.92. The van der Waals surface area contributed by atoms with Crippen LogP contribution in [0.15, 0.2) is 0 Å². The van der Waals surface area contributed by atoms with E-state index in [2.05, 4.69) is 28.8 Å². The maximum absolute atomic E-state index is 11.5. The van der Waals surface area contributed by atoms with Gasteiger partial charge in [-0.1, -0.05) is 20.8 Å². The van der Waals surface area contributed by atoms with Crippen molar-refractivity contribution in [2.24, 2.45) is 0 Å². The molecule has 0 bridgehead atoms. The summed E-state index contributed by atoms with van der Waals surface area (Å²) >= 11 is 0. The predicted octanol–water partition coefficient (Wildman–Crippen LogP) is -0.143. The van der Waals surface area contributed by atoms with Gasteiger partial charge in [0.2, 0.25) is 10.0 Å². The van der Waals surface area contributed by atoms with Gasteiger partial charge in [0, 0.05) is 19.6 Å². The molecule has 0 spiro atoms. The molecule has 5 nitrogen and oxygen atoms in total. The average molecular weight is 251 g/mol. The topological polar surface area (TPSA) is 61.4 Å². The van der Waals surface area contributed by atoms with Gasteiger partial charge in [-0.15, -0.1) is 0 Å². The summed E-state index contributed by atoms with van der Waals surface area (Å²) in [5.41, 5.74) is 0. The Kier molecular flexibility index (Phi) is 8.83. The van der Waals surface area contributed by atoms with Gasteiger partial charge in [-0.3, -0.25) is 0 Å². The molecule has 0 amide bonds. The Hall–Kier alpha value is -0.170. The van der Waals surface area contributed by atoms with E-state index in [0.717, 1.165) is 26.2 Å². The predicted molar refractivity (Wildman–Crippen MR) is 68.1 cm³/mol. The molecule has 0 radical (unpaired) electrons. The van der Waals surface area contributed by atoms with Crippen LogP contribution in [0.5, 0.6) is 0 Å². The molecule has 0 rings (SSSR count). The molecule has 16 heavy (non-hydrogen) atoms. The number of nitrogens with zero attached hydrogens (tertiary/aromatic N) is 1. The molecule has 0 unspecified atom stereocenters. The van der Waals surface area contributed by atoms with Crippen molar-refractivity contribution >= 4 is 10.0 Å². The average Bonchev–Trinajstić information content (AvgIpc) is 2.24. The highest BCUT2D eigenvalue weighted by Crippen LogP contribution is 1.87. The first kappa shape index (κ1) is 15.8. The van der Waals surface area contributed by atoms with E-state index in [1.165, 1.54) is 0 Å². The van der Waals surface area contributed by atoms with Crippen LogP contribution in [0.4, 0.5) is 0 Å². The highest BCUT2D eigenvalue weighted by Gasteiger charge is 2.09. The van der Waals surface area contributed by atoms with E-state index < -0.39 is 10.0 Å². The fraction of sp³-hybridized carbons (Fsp3) is 1.00. The maximum atomic E-state index is 11.5. The van der Waals surface area contributed by atoms with E-state index in [-0.39, 0.29) is 5.75 Å². The van der Waals surface area contributed by atoms with Crippen LogP contribution in [-0.4, -0.2) is 58.3 Å². The lowest BCUT2D eigenvalue weighted by Gasteiger charge is -2.17. The zero-order valence-corrected chi connectivity index (χ0v) is 11.4. The van der Waals surface area contributed by atoms with Crippen LogP contribution in [0.3, 0.4) is 0 Å². The van der Waals surface area contributed by atoms with Crippen molar-refractivity contribution in [3.8, 4) is 0 Å². The third-order valence-electron chi connectivity index (χ3n) is 2.44. The molecule has 2 N–H and O–H groups in total. The van der Waals surface area contributed by atoms with Crippen molar-refractivity contribution in [2.45, 2.75) is 20.8 Å². The molecular weight excluding hydrogens is 226 g/mol. The Morgan fingerprint density at radius 1 is 1.06 bits per heavy atom. The summed E-state index contributed by atoms with van der Waals surface area (Å²) in [6.07, 6.45) is 0. The van der Waals surface area contributed by atoms with Gasteiger partial charge in [-0.25, -0.2) is 13.1 Å².